The molecule has 2 rings (SSSR count). The zero-order valence-corrected chi connectivity index (χ0v) is 9.70. The van der Waals surface area contributed by atoms with Gasteiger partial charge in [-0.1, -0.05) is 18.2 Å². The quantitative estimate of drug-likeness (QED) is 0.787. The summed E-state index contributed by atoms with van der Waals surface area (Å²) in [7, 11) is 2.09. The maximum absolute atomic E-state index is 13.7. The second-order valence-electron chi connectivity index (χ2n) is 4.67. The summed E-state index contributed by atoms with van der Waals surface area (Å²) in [6.45, 7) is 2.00. The summed E-state index contributed by atoms with van der Waals surface area (Å²) in [5.74, 6) is 0.0404. The van der Waals surface area contributed by atoms with E-state index in [9.17, 15) is 4.39 Å². The van der Waals surface area contributed by atoms with Crippen LogP contribution in [0.25, 0.3) is 0 Å². The third-order valence-electron chi connectivity index (χ3n) is 3.49. The maximum atomic E-state index is 13.7. The van der Waals surface area contributed by atoms with E-state index in [1.54, 1.807) is 6.07 Å². The van der Waals surface area contributed by atoms with E-state index < -0.39 is 0 Å². The van der Waals surface area contributed by atoms with Gasteiger partial charge in [0, 0.05) is 12.0 Å². The third-order valence-corrected chi connectivity index (χ3v) is 3.49. The average molecular weight is 222 g/mol. The minimum Gasteiger partial charge on any atom is -0.327 e. The highest BCUT2D eigenvalue weighted by atomic mass is 19.1. The molecule has 16 heavy (non-hydrogen) atoms. The smallest absolute Gasteiger partial charge is 0.126 e. The van der Waals surface area contributed by atoms with Crippen LogP contribution in [0.1, 0.15) is 24.3 Å². The summed E-state index contributed by atoms with van der Waals surface area (Å²) in [5.41, 5.74) is 6.93. The van der Waals surface area contributed by atoms with Gasteiger partial charge in [-0.2, -0.15) is 0 Å². The second-order valence-corrected chi connectivity index (χ2v) is 4.67. The van der Waals surface area contributed by atoms with Gasteiger partial charge in [0.1, 0.15) is 5.82 Å². The van der Waals surface area contributed by atoms with Gasteiger partial charge in [0.25, 0.3) is 0 Å². The fourth-order valence-electron chi connectivity index (χ4n) is 2.42. The lowest BCUT2D eigenvalue weighted by Crippen LogP contribution is -2.29. The lowest BCUT2D eigenvalue weighted by atomic mass is 9.88. The first-order chi connectivity index (χ1) is 7.68. The van der Waals surface area contributed by atoms with Crippen molar-refractivity contribution in [2.45, 2.75) is 24.8 Å². The molecule has 0 spiro atoms. The summed E-state index contributed by atoms with van der Waals surface area (Å²) >= 11 is 0. The van der Waals surface area contributed by atoms with E-state index in [-0.39, 0.29) is 17.8 Å². The highest BCUT2D eigenvalue weighted by Gasteiger charge is 2.25. The zero-order chi connectivity index (χ0) is 11.5. The molecule has 0 amide bonds. The van der Waals surface area contributed by atoms with Crippen LogP contribution in [0.4, 0.5) is 4.39 Å². The lowest BCUT2D eigenvalue weighted by Gasteiger charge is -2.21. The Kier molecular flexibility index (Phi) is 3.56. The van der Waals surface area contributed by atoms with Crippen molar-refractivity contribution in [2.24, 2.45) is 5.73 Å². The first kappa shape index (κ1) is 11.6. The summed E-state index contributed by atoms with van der Waals surface area (Å²) in [6, 6.07) is 7.08. The minimum atomic E-state index is -0.118. The topological polar surface area (TPSA) is 29.3 Å². The van der Waals surface area contributed by atoms with Crippen molar-refractivity contribution in [2.75, 3.05) is 20.1 Å². The van der Waals surface area contributed by atoms with Gasteiger partial charge in [0.05, 0.1) is 0 Å². The summed E-state index contributed by atoms with van der Waals surface area (Å²) in [4.78, 5) is 2.26. The molecular formula is C13H19FN2. The van der Waals surface area contributed by atoms with Crippen molar-refractivity contribution in [3.63, 3.8) is 0 Å². The Bertz CT molecular complexity index is 354. The van der Waals surface area contributed by atoms with Crippen LogP contribution in [0.2, 0.25) is 0 Å². The van der Waals surface area contributed by atoms with Gasteiger partial charge in [-0.3, -0.25) is 0 Å². The van der Waals surface area contributed by atoms with E-state index >= 15 is 0 Å². The van der Waals surface area contributed by atoms with E-state index in [2.05, 4.69) is 11.9 Å². The van der Waals surface area contributed by atoms with E-state index in [0.29, 0.717) is 0 Å². The molecule has 1 aromatic rings. The molecule has 0 aromatic heterocycles. The van der Waals surface area contributed by atoms with Crippen molar-refractivity contribution in [3.8, 4) is 0 Å². The molecule has 88 valence electrons. The van der Waals surface area contributed by atoms with E-state index in [1.807, 2.05) is 12.1 Å². The predicted octanol–water partition coefficient (Wildman–Crippen LogP) is 1.96. The fraction of sp³-hybridized carbons (Fsp3) is 0.538. The third kappa shape index (κ3) is 2.42. The standard InChI is InChI=1S/C13H19FN2/c1-16-8-6-11(13(15)7-9-16)10-4-2-3-5-12(10)14/h2-5,11,13H,6-9,15H2,1H3. The second kappa shape index (κ2) is 4.93. The lowest BCUT2D eigenvalue weighted by molar-refractivity contribution is 0.346. The first-order valence-corrected chi connectivity index (χ1v) is 5.87. The van der Waals surface area contributed by atoms with Gasteiger partial charge >= 0.3 is 0 Å². The molecule has 1 aromatic carbocycles. The Morgan fingerprint density at radius 3 is 2.69 bits per heavy atom. The molecule has 0 bridgehead atoms. The van der Waals surface area contributed by atoms with Crippen LogP contribution in [-0.4, -0.2) is 31.1 Å². The van der Waals surface area contributed by atoms with Crippen LogP contribution in [0.15, 0.2) is 24.3 Å². The molecular weight excluding hydrogens is 203 g/mol. The Morgan fingerprint density at radius 2 is 1.94 bits per heavy atom. The van der Waals surface area contributed by atoms with Gasteiger partial charge in [-0.25, -0.2) is 4.39 Å². The number of rotatable bonds is 1. The fourth-order valence-corrected chi connectivity index (χ4v) is 2.42. The van der Waals surface area contributed by atoms with Crippen LogP contribution in [0, 0.1) is 5.82 Å². The number of nitrogens with two attached hydrogens (primary N) is 1. The van der Waals surface area contributed by atoms with Crippen LogP contribution in [-0.2, 0) is 0 Å². The highest BCUT2D eigenvalue weighted by molar-refractivity contribution is 5.23. The molecule has 3 heteroatoms. The number of halogens is 1. The largest absolute Gasteiger partial charge is 0.327 e. The number of likely N-dealkylation sites (tertiary alicyclic amines) is 1. The van der Waals surface area contributed by atoms with Gasteiger partial charge in [-0.05, 0) is 44.6 Å². The van der Waals surface area contributed by atoms with Crippen LogP contribution >= 0.6 is 0 Å². The Morgan fingerprint density at radius 1 is 1.25 bits per heavy atom. The summed E-state index contributed by atoms with van der Waals surface area (Å²) in [5, 5.41) is 0. The van der Waals surface area contributed by atoms with Gasteiger partial charge in [-0.15, -0.1) is 0 Å². The normalized spacial score (nSPS) is 27.7. The predicted molar refractivity (Wildman–Crippen MR) is 63.8 cm³/mol. The molecule has 2 N–H and O–H groups in total. The molecule has 1 fully saturated rings. The SMILES string of the molecule is CN1CCC(N)C(c2ccccc2F)CC1. The molecule has 1 saturated heterocycles. The zero-order valence-electron chi connectivity index (χ0n) is 9.70. The Labute approximate surface area is 96.2 Å². The Balaban J connectivity index is 2.22. The molecule has 1 aliphatic heterocycles. The number of benzene rings is 1. The number of nitrogens with zero attached hydrogens (tertiary/aromatic N) is 1. The molecule has 1 aliphatic rings. The average Bonchev–Trinajstić information content (AvgIpc) is 2.43. The van der Waals surface area contributed by atoms with Crippen molar-refractivity contribution >= 4 is 0 Å². The summed E-state index contributed by atoms with van der Waals surface area (Å²) in [6.07, 6.45) is 1.88. The van der Waals surface area contributed by atoms with E-state index in [0.717, 1.165) is 31.5 Å². The van der Waals surface area contributed by atoms with Crippen molar-refractivity contribution in [1.82, 2.24) is 4.90 Å². The van der Waals surface area contributed by atoms with Gasteiger partial charge in [0.15, 0.2) is 0 Å². The monoisotopic (exact) mass is 222 g/mol. The van der Waals surface area contributed by atoms with E-state index in [1.165, 1.54) is 6.07 Å². The number of hydrogen-bond acceptors (Lipinski definition) is 2. The number of hydrogen-bond donors (Lipinski definition) is 1. The molecule has 0 aliphatic carbocycles. The minimum absolute atomic E-state index is 0.0712. The first-order valence-electron chi connectivity index (χ1n) is 5.87. The van der Waals surface area contributed by atoms with Crippen molar-refractivity contribution < 1.29 is 4.39 Å². The van der Waals surface area contributed by atoms with Crippen LogP contribution in [0.5, 0.6) is 0 Å². The van der Waals surface area contributed by atoms with Crippen molar-refractivity contribution in [1.29, 1.82) is 0 Å². The molecule has 1 heterocycles. The summed E-state index contributed by atoms with van der Waals surface area (Å²) < 4.78 is 13.7. The van der Waals surface area contributed by atoms with E-state index in [4.69, 9.17) is 5.73 Å². The van der Waals surface area contributed by atoms with Crippen LogP contribution < -0.4 is 5.73 Å². The maximum Gasteiger partial charge on any atom is 0.126 e. The van der Waals surface area contributed by atoms with Gasteiger partial charge < -0.3 is 10.6 Å². The van der Waals surface area contributed by atoms with Crippen molar-refractivity contribution in [3.05, 3.63) is 35.6 Å². The van der Waals surface area contributed by atoms with Crippen LogP contribution in [0.3, 0.4) is 0 Å². The molecule has 0 radical (unpaired) electrons. The molecule has 2 unspecified atom stereocenters. The van der Waals surface area contributed by atoms with Gasteiger partial charge in [0.2, 0.25) is 0 Å². The Hall–Kier alpha value is -0.930. The molecule has 2 atom stereocenters. The molecule has 2 nitrogen and oxygen atoms in total. The highest BCUT2D eigenvalue weighted by Crippen LogP contribution is 2.28. The molecule has 0 saturated carbocycles.